The minimum Gasteiger partial charge on any atom is -0.450 e. The lowest BCUT2D eigenvalue weighted by Crippen LogP contribution is -2.26. The summed E-state index contributed by atoms with van der Waals surface area (Å²) < 4.78 is 4.82. The fourth-order valence-corrected chi connectivity index (χ4v) is 1.50. The highest BCUT2D eigenvalue weighted by Gasteiger charge is 2.10. The molecule has 0 aliphatic carbocycles. The predicted molar refractivity (Wildman–Crippen MR) is 50.6 cm³/mol. The van der Waals surface area contributed by atoms with Crippen LogP contribution in [0.2, 0.25) is 0 Å². The topological polar surface area (TPSA) is 42.4 Å². The molecule has 1 aromatic rings. The fourth-order valence-electron chi connectivity index (χ4n) is 0.832. The minimum absolute atomic E-state index is 0.308. The Kier molecular flexibility index (Phi) is 3.70. The number of hydrogen-bond donors (Lipinski definition) is 0. The molecule has 0 aromatic carbocycles. The second-order valence-electron chi connectivity index (χ2n) is 2.48. The van der Waals surface area contributed by atoms with Crippen molar-refractivity contribution >= 4 is 17.4 Å². The number of ether oxygens (including phenoxy) is 1. The van der Waals surface area contributed by atoms with E-state index in [0.717, 1.165) is 5.01 Å². The molecule has 0 bridgehead atoms. The normalized spacial score (nSPS) is 9.69. The van der Waals surface area contributed by atoms with Crippen molar-refractivity contribution in [3.8, 4) is 0 Å². The molecule has 0 spiro atoms. The van der Waals surface area contributed by atoms with E-state index in [-0.39, 0.29) is 6.09 Å². The molecule has 1 rings (SSSR count). The summed E-state index contributed by atoms with van der Waals surface area (Å²) in [6, 6.07) is 0. The van der Waals surface area contributed by atoms with Gasteiger partial charge in [-0.1, -0.05) is 0 Å². The molecule has 0 radical (unpaired) electrons. The standard InChI is InChI=1S/C8H12N2O2S/c1-3-12-8(11)10(2)6-7-9-4-5-13-7/h4-5H,3,6H2,1-2H3. The number of amides is 1. The highest BCUT2D eigenvalue weighted by Crippen LogP contribution is 2.07. The zero-order valence-electron chi connectivity index (χ0n) is 7.69. The van der Waals surface area contributed by atoms with Gasteiger partial charge in [0.25, 0.3) is 0 Å². The van der Waals surface area contributed by atoms with E-state index in [0.29, 0.717) is 13.2 Å². The Labute approximate surface area is 81.2 Å². The van der Waals surface area contributed by atoms with Crippen LogP contribution in [0.15, 0.2) is 11.6 Å². The van der Waals surface area contributed by atoms with Crippen molar-refractivity contribution in [1.82, 2.24) is 9.88 Å². The van der Waals surface area contributed by atoms with Gasteiger partial charge in [0.05, 0.1) is 13.2 Å². The monoisotopic (exact) mass is 200 g/mol. The number of nitrogens with zero attached hydrogens (tertiary/aromatic N) is 2. The molecule has 0 saturated heterocycles. The maximum Gasteiger partial charge on any atom is 0.409 e. The van der Waals surface area contributed by atoms with E-state index >= 15 is 0 Å². The van der Waals surface area contributed by atoms with E-state index in [1.54, 1.807) is 20.2 Å². The Hall–Kier alpha value is -1.10. The first kappa shape index (κ1) is 9.98. The highest BCUT2D eigenvalue weighted by atomic mass is 32.1. The second-order valence-corrected chi connectivity index (χ2v) is 3.46. The van der Waals surface area contributed by atoms with Crippen molar-refractivity contribution in [2.75, 3.05) is 13.7 Å². The van der Waals surface area contributed by atoms with E-state index in [2.05, 4.69) is 4.98 Å². The lowest BCUT2D eigenvalue weighted by Gasteiger charge is -2.14. The Balaban J connectivity index is 2.41. The van der Waals surface area contributed by atoms with Gasteiger partial charge in [0.1, 0.15) is 5.01 Å². The molecule has 0 atom stereocenters. The van der Waals surface area contributed by atoms with Crippen LogP contribution < -0.4 is 0 Å². The Morgan fingerprint density at radius 3 is 3.08 bits per heavy atom. The van der Waals surface area contributed by atoms with Crippen molar-refractivity contribution in [1.29, 1.82) is 0 Å². The Bertz CT molecular complexity index is 261. The number of hydrogen-bond acceptors (Lipinski definition) is 4. The van der Waals surface area contributed by atoms with Gasteiger partial charge in [-0.05, 0) is 6.92 Å². The first-order valence-electron chi connectivity index (χ1n) is 4.00. The Morgan fingerprint density at radius 2 is 2.54 bits per heavy atom. The summed E-state index contributed by atoms with van der Waals surface area (Å²) in [4.78, 5) is 16.7. The van der Waals surface area contributed by atoms with Crippen LogP contribution in [0.25, 0.3) is 0 Å². The summed E-state index contributed by atoms with van der Waals surface area (Å²) in [5.74, 6) is 0. The molecule has 1 heterocycles. The van der Waals surface area contributed by atoms with Gasteiger partial charge in [-0.15, -0.1) is 11.3 Å². The smallest absolute Gasteiger partial charge is 0.409 e. The molecule has 1 amide bonds. The van der Waals surface area contributed by atoms with Crippen LogP contribution in [0.4, 0.5) is 4.79 Å². The quantitative estimate of drug-likeness (QED) is 0.746. The first-order chi connectivity index (χ1) is 6.24. The molecule has 0 N–H and O–H groups in total. The average Bonchev–Trinajstić information content (AvgIpc) is 2.57. The molecule has 72 valence electrons. The fraction of sp³-hybridized carbons (Fsp3) is 0.500. The summed E-state index contributed by atoms with van der Waals surface area (Å²) in [5, 5.41) is 2.80. The molecule has 0 aliphatic rings. The Morgan fingerprint density at radius 1 is 1.77 bits per heavy atom. The zero-order chi connectivity index (χ0) is 9.68. The van der Waals surface area contributed by atoms with Gasteiger partial charge in [0.2, 0.25) is 0 Å². The van der Waals surface area contributed by atoms with Gasteiger partial charge in [-0.25, -0.2) is 9.78 Å². The van der Waals surface area contributed by atoms with Crippen molar-refractivity contribution in [2.45, 2.75) is 13.5 Å². The molecule has 0 fully saturated rings. The highest BCUT2D eigenvalue weighted by molar-refractivity contribution is 7.09. The van der Waals surface area contributed by atoms with Gasteiger partial charge in [-0.3, -0.25) is 0 Å². The molecule has 4 nitrogen and oxygen atoms in total. The van der Waals surface area contributed by atoms with Crippen LogP contribution in [0.1, 0.15) is 11.9 Å². The van der Waals surface area contributed by atoms with Crippen LogP contribution in [-0.4, -0.2) is 29.6 Å². The van der Waals surface area contributed by atoms with E-state index in [9.17, 15) is 4.79 Å². The molecule has 0 saturated carbocycles. The van der Waals surface area contributed by atoms with E-state index in [1.165, 1.54) is 16.2 Å². The summed E-state index contributed by atoms with van der Waals surface area (Å²) in [6.07, 6.45) is 1.41. The van der Waals surface area contributed by atoms with Crippen LogP contribution >= 0.6 is 11.3 Å². The van der Waals surface area contributed by atoms with Crippen LogP contribution in [-0.2, 0) is 11.3 Å². The summed E-state index contributed by atoms with van der Waals surface area (Å²) in [6.45, 7) is 2.70. The number of aromatic nitrogens is 1. The van der Waals surface area contributed by atoms with Gasteiger partial charge in [0.15, 0.2) is 0 Å². The molecule has 5 heteroatoms. The number of thiazole rings is 1. The zero-order valence-corrected chi connectivity index (χ0v) is 8.50. The third-order valence-corrected chi connectivity index (χ3v) is 2.20. The molecular formula is C8H12N2O2S. The average molecular weight is 200 g/mol. The first-order valence-corrected chi connectivity index (χ1v) is 4.88. The lowest BCUT2D eigenvalue weighted by atomic mass is 10.6. The van der Waals surface area contributed by atoms with E-state index in [4.69, 9.17) is 4.74 Å². The molecule has 0 aliphatic heterocycles. The minimum atomic E-state index is -0.308. The van der Waals surface area contributed by atoms with Crippen LogP contribution in [0.5, 0.6) is 0 Å². The molecular weight excluding hydrogens is 188 g/mol. The largest absolute Gasteiger partial charge is 0.450 e. The van der Waals surface area contributed by atoms with E-state index in [1.807, 2.05) is 5.38 Å². The maximum absolute atomic E-state index is 11.1. The lowest BCUT2D eigenvalue weighted by molar-refractivity contribution is 0.114. The second kappa shape index (κ2) is 4.81. The third kappa shape index (κ3) is 3.02. The summed E-state index contributed by atoms with van der Waals surface area (Å²) in [7, 11) is 1.69. The number of rotatable bonds is 3. The van der Waals surface area contributed by atoms with Gasteiger partial charge < -0.3 is 9.64 Å². The maximum atomic E-state index is 11.1. The summed E-state index contributed by atoms with van der Waals surface area (Å²) in [5.41, 5.74) is 0. The van der Waals surface area contributed by atoms with Crippen LogP contribution in [0, 0.1) is 0 Å². The predicted octanol–water partition coefficient (Wildman–Crippen LogP) is 1.73. The summed E-state index contributed by atoms with van der Waals surface area (Å²) >= 11 is 1.53. The van der Waals surface area contributed by atoms with Crippen molar-refractivity contribution < 1.29 is 9.53 Å². The van der Waals surface area contributed by atoms with E-state index < -0.39 is 0 Å². The van der Waals surface area contributed by atoms with Crippen molar-refractivity contribution in [2.24, 2.45) is 0 Å². The van der Waals surface area contributed by atoms with Crippen molar-refractivity contribution in [3.63, 3.8) is 0 Å². The van der Waals surface area contributed by atoms with Gasteiger partial charge in [0, 0.05) is 18.6 Å². The molecule has 0 unspecified atom stereocenters. The third-order valence-electron chi connectivity index (χ3n) is 1.44. The van der Waals surface area contributed by atoms with Crippen molar-refractivity contribution in [3.05, 3.63) is 16.6 Å². The molecule has 13 heavy (non-hydrogen) atoms. The van der Waals surface area contributed by atoms with Crippen LogP contribution in [0.3, 0.4) is 0 Å². The number of carbonyl (C=O) groups excluding carboxylic acids is 1. The molecule has 1 aromatic heterocycles. The SMILES string of the molecule is CCOC(=O)N(C)Cc1nccs1. The number of carbonyl (C=O) groups is 1. The van der Waals surface area contributed by atoms with Gasteiger partial charge >= 0.3 is 6.09 Å². The van der Waals surface area contributed by atoms with Gasteiger partial charge in [-0.2, -0.15) is 0 Å².